The number of hydrogen-bond donors (Lipinski definition) is 1. The number of pyridine rings is 1. The number of hydrogen-bond acceptors (Lipinski definition) is 4. The maximum Gasteiger partial charge on any atom is 0.343 e. The highest BCUT2D eigenvalue weighted by Crippen LogP contribution is 2.24. The molecular weight excluding hydrogens is 320 g/mol. The molecule has 0 amide bonds. The molecule has 0 saturated carbocycles. The number of carbonyl (C=O) groups is 2. The maximum atomic E-state index is 12.9. The molecule has 0 spiro atoms. The minimum absolute atomic E-state index is 0.0753. The molecule has 2 aromatic heterocycles. The first-order valence-electron chi connectivity index (χ1n) is 7.94. The van der Waals surface area contributed by atoms with Gasteiger partial charge in [0.15, 0.2) is 5.78 Å². The Hall–Kier alpha value is -3.15. The van der Waals surface area contributed by atoms with Gasteiger partial charge in [0, 0.05) is 24.5 Å². The first-order valence-corrected chi connectivity index (χ1v) is 7.94. The molecular formula is C19H18N2O4. The SMILES string of the molecule is CCOC(=O)c1c[nH]c2c(C(=O)c3ccccc3)c(C)n(C)c2c1=O. The number of rotatable bonds is 4. The van der Waals surface area contributed by atoms with Crippen LogP contribution in [0, 0.1) is 6.92 Å². The van der Waals surface area contributed by atoms with Gasteiger partial charge in [-0.3, -0.25) is 9.59 Å². The van der Waals surface area contributed by atoms with Crippen molar-refractivity contribution in [2.24, 2.45) is 7.05 Å². The Bertz CT molecular complexity index is 1030. The smallest absolute Gasteiger partial charge is 0.343 e. The van der Waals surface area contributed by atoms with Crippen LogP contribution in [0.15, 0.2) is 41.3 Å². The van der Waals surface area contributed by atoms with Crippen LogP contribution < -0.4 is 5.43 Å². The van der Waals surface area contributed by atoms with E-state index in [2.05, 4.69) is 4.98 Å². The predicted molar refractivity (Wildman–Crippen MR) is 94.1 cm³/mol. The third-order valence-electron chi connectivity index (χ3n) is 4.27. The molecule has 0 aliphatic heterocycles. The average molecular weight is 338 g/mol. The van der Waals surface area contributed by atoms with Crippen molar-refractivity contribution in [3.8, 4) is 0 Å². The molecule has 1 N–H and O–H groups in total. The van der Waals surface area contributed by atoms with Gasteiger partial charge in [0.1, 0.15) is 11.1 Å². The van der Waals surface area contributed by atoms with E-state index in [4.69, 9.17) is 4.74 Å². The van der Waals surface area contributed by atoms with Crippen molar-refractivity contribution in [2.45, 2.75) is 13.8 Å². The number of fused-ring (bicyclic) bond motifs is 1. The van der Waals surface area contributed by atoms with Crippen molar-refractivity contribution >= 4 is 22.8 Å². The standard InChI is InChI=1S/C19H18N2O4/c1-4-25-19(24)13-10-20-15-14(11(2)21(3)16(15)18(13)23)17(22)12-8-6-5-7-9-12/h5-10H,4H2,1-3H3,(H,20,23). The van der Waals surface area contributed by atoms with Gasteiger partial charge in [0.25, 0.3) is 0 Å². The van der Waals surface area contributed by atoms with Crippen molar-refractivity contribution < 1.29 is 14.3 Å². The molecule has 25 heavy (non-hydrogen) atoms. The molecule has 1 aromatic carbocycles. The second kappa shape index (κ2) is 6.39. The van der Waals surface area contributed by atoms with E-state index in [9.17, 15) is 14.4 Å². The summed E-state index contributed by atoms with van der Waals surface area (Å²) in [4.78, 5) is 40.5. The van der Waals surface area contributed by atoms with E-state index >= 15 is 0 Å². The molecule has 0 atom stereocenters. The number of aryl methyl sites for hydroxylation is 1. The lowest BCUT2D eigenvalue weighted by Crippen LogP contribution is -2.19. The monoisotopic (exact) mass is 338 g/mol. The molecule has 0 aliphatic rings. The minimum Gasteiger partial charge on any atom is -0.462 e. The highest BCUT2D eigenvalue weighted by Gasteiger charge is 2.24. The van der Waals surface area contributed by atoms with Gasteiger partial charge in [-0.2, -0.15) is 0 Å². The Kier molecular flexibility index (Phi) is 4.27. The van der Waals surface area contributed by atoms with E-state index in [0.717, 1.165) is 0 Å². The number of aromatic amines is 1. The fraction of sp³-hybridized carbons (Fsp3) is 0.211. The Morgan fingerprint density at radius 1 is 1.20 bits per heavy atom. The van der Waals surface area contributed by atoms with Crippen LogP contribution >= 0.6 is 0 Å². The topological polar surface area (TPSA) is 81.2 Å². The fourth-order valence-electron chi connectivity index (χ4n) is 2.92. The number of carbonyl (C=O) groups excluding carboxylic acids is 2. The molecule has 3 rings (SSSR count). The largest absolute Gasteiger partial charge is 0.462 e. The number of benzene rings is 1. The zero-order valence-corrected chi connectivity index (χ0v) is 14.3. The third-order valence-corrected chi connectivity index (χ3v) is 4.27. The number of esters is 1. The van der Waals surface area contributed by atoms with Crippen molar-refractivity contribution in [3.05, 3.63) is 69.1 Å². The molecule has 0 aliphatic carbocycles. The second-order valence-corrected chi connectivity index (χ2v) is 5.69. The van der Waals surface area contributed by atoms with Gasteiger partial charge in [0.2, 0.25) is 5.43 Å². The van der Waals surface area contributed by atoms with Crippen LogP contribution in [0.4, 0.5) is 0 Å². The number of H-pyrrole nitrogens is 1. The summed E-state index contributed by atoms with van der Waals surface area (Å²) in [6.07, 6.45) is 1.31. The zero-order valence-electron chi connectivity index (χ0n) is 14.3. The lowest BCUT2D eigenvalue weighted by atomic mass is 10.0. The Balaban J connectivity index is 2.25. The van der Waals surface area contributed by atoms with Crippen LogP contribution in [0.5, 0.6) is 0 Å². The number of aromatic nitrogens is 2. The van der Waals surface area contributed by atoms with Crippen molar-refractivity contribution in [3.63, 3.8) is 0 Å². The first-order chi connectivity index (χ1) is 12.0. The summed E-state index contributed by atoms with van der Waals surface area (Å²) in [5, 5.41) is 0. The molecule has 0 saturated heterocycles. The quantitative estimate of drug-likeness (QED) is 0.585. The van der Waals surface area contributed by atoms with Crippen LogP contribution in [0.2, 0.25) is 0 Å². The van der Waals surface area contributed by atoms with Crippen LogP contribution in [0.3, 0.4) is 0 Å². The normalized spacial score (nSPS) is 10.8. The van der Waals surface area contributed by atoms with Crippen molar-refractivity contribution in [2.75, 3.05) is 6.61 Å². The first kappa shape index (κ1) is 16.7. The van der Waals surface area contributed by atoms with E-state index in [1.807, 2.05) is 6.07 Å². The van der Waals surface area contributed by atoms with Crippen LogP contribution in [0.25, 0.3) is 11.0 Å². The maximum absolute atomic E-state index is 12.9. The summed E-state index contributed by atoms with van der Waals surface area (Å²) in [7, 11) is 1.70. The molecule has 6 heteroatoms. The van der Waals surface area contributed by atoms with Gasteiger partial charge in [-0.15, -0.1) is 0 Å². The molecule has 0 radical (unpaired) electrons. The molecule has 0 bridgehead atoms. The molecule has 3 aromatic rings. The molecule has 6 nitrogen and oxygen atoms in total. The average Bonchev–Trinajstić information content (AvgIpc) is 2.87. The Morgan fingerprint density at radius 3 is 2.52 bits per heavy atom. The third kappa shape index (κ3) is 2.65. The van der Waals surface area contributed by atoms with Gasteiger partial charge < -0.3 is 14.3 Å². The van der Waals surface area contributed by atoms with Crippen LogP contribution in [0.1, 0.15) is 38.9 Å². The lowest BCUT2D eigenvalue weighted by Gasteiger charge is -2.03. The van der Waals surface area contributed by atoms with Crippen molar-refractivity contribution in [1.82, 2.24) is 9.55 Å². The molecule has 128 valence electrons. The molecule has 0 fully saturated rings. The lowest BCUT2D eigenvalue weighted by molar-refractivity contribution is 0.0524. The highest BCUT2D eigenvalue weighted by atomic mass is 16.5. The van der Waals surface area contributed by atoms with E-state index in [1.54, 1.807) is 49.7 Å². The van der Waals surface area contributed by atoms with Crippen LogP contribution in [-0.2, 0) is 11.8 Å². The zero-order chi connectivity index (χ0) is 18.1. The summed E-state index contributed by atoms with van der Waals surface area (Å²) in [5.41, 5.74) is 1.79. The minimum atomic E-state index is -0.680. The van der Waals surface area contributed by atoms with Gasteiger partial charge in [-0.1, -0.05) is 30.3 Å². The highest BCUT2D eigenvalue weighted by molar-refractivity contribution is 6.16. The van der Waals surface area contributed by atoms with Gasteiger partial charge in [-0.05, 0) is 13.8 Å². The molecule has 0 unspecified atom stereocenters. The predicted octanol–water partition coefficient (Wildman–Crippen LogP) is 2.58. The van der Waals surface area contributed by atoms with Crippen molar-refractivity contribution in [1.29, 1.82) is 0 Å². The summed E-state index contributed by atoms with van der Waals surface area (Å²) >= 11 is 0. The van der Waals surface area contributed by atoms with E-state index in [0.29, 0.717) is 22.3 Å². The van der Waals surface area contributed by atoms with E-state index in [1.165, 1.54) is 6.20 Å². The Labute approximate surface area is 144 Å². The van der Waals surface area contributed by atoms with Gasteiger partial charge in [0.05, 0.1) is 17.7 Å². The van der Waals surface area contributed by atoms with Crippen LogP contribution in [-0.4, -0.2) is 27.9 Å². The summed E-state index contributed by atoms with van der Waals surface area (Å²) in [6, 6.07) is 8.86. The van der Waals surface area contributed by atoms with E-state index < -0.39 is 11.4 Å². The Morgan fingerprint density at radius 2 is 1.88 bits per heavy atom. The number of nitrogens with one attached hydrogen (secondary N) is 1. The molecule has 2 heterocycles. The van der Waals surface area contributed by atoms with Gasteiger partial charge >= 0.3 is 5.97 Å². The summed E-state index contributed by atoms with van der Waals surface area (Å²) in [5.74, 6) is -0.858. The summed E-state index contributed by atoms with van der Waals surface area (Å²) in [6.45, 7) is 3.63. The second-order valence-electron chi connectivity index (χ2n) is 5.69. The number of ketones is 1. The number of ether oxygens (including phenoxy) is 1. The fourth-order valence-corrected chi connectivity index (χ4v) is 2.92. The summed E-state index contributed by atoms with van der Waals surface area (Å²) < 4.78 is 6.55. The number of nitrogens with zero attached hydrogens (tertiary/aromatic N) is 1. The van der Waals surface area contributed by atoms with Gasteiger partial charge in [-0.25, -0.2) is 4.79 Å². The van der Waals surface area contributed by atoms with E-state index in [-0.39, 0.29) is 23.5 Å².